The van der Waals surface area contributed by atoms with E-state index in [0.29, 0.717) is 11.4 Å². The minimum absolute atomic E-state index is 0.196. The first kappa shape index (κ1) is 11.4. The predicted molar refractivity (Wildman–Crippen MR) is 64.4 cm³/mol. The number of nitrogens with zero attached hydrogens (tertiary/aromatic N) is 2. The molecule has 0 unspecified atom stereocenters. The fraction of sp³-hybridized carbons (Fsp3) is 0.500. The second kappa shape index (κ2) is 4.83. The third-order valence-electron chi connectivity index (χ3n) is 2.74. The number of carbonyl (C=O) groups excluding carboxylic acids is 1. The van der Waals surface area contributed by atoms with Crippen LogP contribution in [0, 0.1) is 0 Å². The van der Waals surface area contributed by atoms with E-state index in [-0.39, 0.29) is 5.78 Å². The molecule has 2 rings (SSSR count). The normalized spacial score (nSPS) is 16.4. The molecule has 1 aliphatic carbocycles. The first-order valence-electron chi connectivity index (χ1n) is 5.67. The lowest BCUT2D eigenvalue weighted by molar-refractivity contribution is -0.114. The van der Waals surface area contributed by atoms with Crippen molar-refractivity contribution in [1.82, 2.24) is 9.78 Å². The van der Waals surface area contributed by atoms with Crippen molar-refractivity contribution in [3.63, 3.8) is 0 Å². The quantitative estimate of drug-likeness (QED) is 0.811. The highest BCUT2D eigenvalue weighted by molar-refractivity contribution is 6.32. The molecule has 0 saturated heterocycles. The monoisotopic (exact) mass is 238 g/mol. The zero-order chi connectivity index (χ0) is 11.5. The van der Waals surface area contributed by atoms with Crippen molar-refractivity contribution in [3.05, 3.63) is 23.0 Å². The van der Waals surface area contributed by atoms with Gasteiger partial charge >= 0.3 is 0 Å². The maximum Gasteiger partial charge on any atom is 0.156 e. The van der Waals surface area contributed by atoms with Crippen LogP contribution < -0.4 is 0 Å². The summed E-state index contributed by atoms with van der Waals surface area (Å²) in [5.41, 5.74) is 1.96. The lowest BCUT2D eigenvalue weighted by atomic mass is 9.96. The van der Waals surface area contributed by atoms with Crippen LogP contribution in [0.25, 0.3) is 5.57 Å². The molecule has 0 bridgehead atoms. The van der Waals surface area contributed by atoms with Gasteiger partial charge < -0.3 is 0 Å². The number of aromatic nitrogens is 2. The Bertz CT molecular complexity index is 434. The van der Waals surface area contributed by atoms with Gasteiger partial charge in [-0.05, 0) is 30.9 Å². The number of rotatable bonds is 3. The van der Waals surface area contributed by atoms with Crippen LogP contribution in [-0.4, -0.2) is 15.6 Å². The molecule has 1 aromatic rings. The van der Waals surface area contributed by atoms with Gasteiger partial charge in [-0.15, -0.1) is 0 Å². The Morgan fingerprint density at radius 3 is 3.00 bits per heavy atom. The molecule has 0 atom stereocenters. The van der Waals surface area contributed by atoms with Gasteiger partial charge in [-0.25, -0.2) is 0 Å². The number of hydrogen-bond acceptors (Lipinski definition) is 2. The largest absolute Gasteiger partial charge is 0.295 e. The SMILES string of the molecule is CCCn1ncc(Cl)c1C1=CC(=O)CCC1. The molecule has 0 N–H and O–H groups in total. The molecule has 1 aromatic heterocycles. The Morgan fingerprint density at radius 2 is 2.31 bits per heavy atom. The minimum atomic E-state index is 0.196. The van der Waals surface area contributed by atoms with Gasteiger partial charge in [0, 0.05) is 13.0 Å². The maximum absolute atomic E-state index is 11.4. The molecule has 0 spiro atoms. The molecular weight excluding hydrogens is 224 g/mol. The summed E-state index contributed by atoms with van der Waals surface area (Å²) in [6, 6.07) is 0. The molecule has 16 heavy (non-hydrogen) atoms. The third kappa shape index (κ3) is 2.19. The van der Waals surface area contributed by atoms with Crippen LogP contribution in [0.1, 0.15) is 38.3 Å². The van der Waals surface area contributed by atoms with Crippen molar-refractivity contribution in [2.75, 3.05) is 0 Å². The summed E-state index contributed by atoms with van der Waals surface area (Å²) in [4.78, 5) is 11.4. The van der Waals surface area contributed by atoms with Crippen molar-refractivity contribution in [3.8, 4) is 0 Å². The summed E-state index contributed by atoms with van der Waals surface area (Å²) in [6.07, 6.45) is 6.87. The van der Waals surface area contributed by atoms with Gasteiger partial charge in [0.1, 0.15) is 0 Å². The average Bonchev–Trinajstić information content (AvgIpc) is 2.60. The number of allylic oxidation sites excluding steroid dienone is 2. The topological polar surface area (TPSA) is 34.9 Å². The number of ketones is 1. The van der Waals surface area contributed by atoms with E-state index in [9.17, 15) is 4.79 Å². The smallest absolute Gasteiger partial charge is 0.156 e. The van der Waals surface area contributed by atoms with Gasteiger partial charge in [0.2, 0.25) is 0 Å². The van der Waals surface area contributed by atoms with E-state index < -0.39 is 0 Å². The Balaban J connectivity index is 2.38. The first-order valence-corrected chi connectivity index (χ1v) is 6.05. The second-order valence-electron chi connectivity index (χ2n) is 4.05. The van der Waals surface area contributed by atoms with Crippen LogP contribution in [0.4, 0.5) is 0 Å². The molecule has 0 saturated carbocycles. The van der Waals surface area contributed by atoms with E-state index in [1.807, 2.05) is 4.68 Å². The van der Waals surface area contributed by atoms with Crippen LogP contribution in [0.2, 0.25) is 5.02 Å². The van der Waals surface area contributed by atoms with Crippen molar-refractivity contribution >= 4 is 23.0 Å². The van der Waals surface area contributed by atoms with E-state index in [1.54, 1.807) is 12.3 Å². The molecule has 0 aliphatic heterocycles. The average molecular weight is 239 g/mol. The highest BCUT2D eigenvalue weighted by Crippen LogP contribution is 2.30. The maximum atomic E-state index is 11.4. The van der Waals surface area contributed by atoms with Crippen molar-refractivity contribution in [2.24, 2.45) is 0 Å². The Kier molecular flexibility index (Phi) is 3.44. The van der Waals surface area contributed by atoms with Crippen LogP contribution in [0.3, 0.4) is 0 Å². The zero-order valence-electron chi connectivity index (χ0n) is 9.37. The number of halogens is 1. The molecular formula is C12H15ClN2O. The summed E-state index contributed by atoms with van der Waals surface area (Å²) in [5.74, 6) is 0.196. The molecule has 0 radical (unpaired) electrons. The summed E-state index contributed by atoms with van der Waals surface area (Å²) in [5, 5.41) is 4.89. The summed E-state index contributed by atoms with van der Waals surface area (Å²) < 4.78 is 1.90. The minimum Gasteiger partial charge on any atom is -0.295 e. The summed E-state index contributed by atoms with van der Waals surface area (Å²) in [7, 11) is 0. The van der Waals surface area contributed by atoms with Gasteiger partial charge in [0.15, 0.2) is 5.78 Å². The highest BCUT2D eigenvalue weighted by Gasteiger charge is 2.18. The van der Waals surface area contributed by atoms with Crippen molar-refractivity contribution in [1.29, 1.82) is 0 Å². The Hall–Kier alpha value is -1.09. The fourth-order valence-electron chi connectivity index (χ4n) is 2.04. The number of carbonyl (C=O) groups is 1. The molecule has 1 aliphatic rings. The number of aryl methyl sites for hydroxylation is 1. The third-order valence-corrected chi connectivity index (χ3v) is 3.02. The number of hydrogen-bond donors (Lipinski definition) is 0. The molecule has 86 valence electrons. The molecule has 0 fully saturated rings. The zero-order valence-corrected chi connectivity index (χ0v) is 10.1. The van der Waals surface area contributed by atoms with E-state index in [0.717, 1.165) is 37.1 Å². The van der Waals surface area contributed by atoms with Crippen LogP contribution in [0.15, 0.2) is 12.3 Å². The van der Waals surface area contributed by atoms with Crippen molar-refractivity contribution < 1.29 is 4.79 Å². The Labute approximate surface area is 100 Å². The van der Waals surface area contributed by atoms with E-state index in [2.05, 4.69) is 12.0 Å². The van der Waals surface area contributed by atoms with E-state index >= 15 is 0 Å². The van der Waals surface area contributed by atoms with Crippen LogP contribution >= 0.6 is 11.6 Å². The van der Waals surface area contributed by atoms with Gasteiger partial charge in [-0.1, -0.05) is 18.5 Å². The second-order valence-corrected chi connectivity index (χ2v) is 4.46. The molecule has 0 aromatic carbocycles. The molecule has 1 heterocycles. The predicted octanol–water partition coefficient (Wildman–Crippen LogP) is 3.08. The standard InChI is InChI=1S/C12H15ClN2O/c1-2-6-15-12(11(13)8-14-15)9-4-3-5-10(16)7-9/h7-8H,2-6H2,1H3. The van der Waals surface area contributed by atoms with Gasteiger partial charge in [0.25, 0.3) is 0 Å². The molecule has 4 heteroatoms. The first-order chi connectivity index (χ1) is 7.72. The van der Waals surface area contributed by atoms with Gasteiger partial charge in [-0.2, -0.15) is 5.10 Å². The summed E-state index contributed by atoms with van der Waals surface area (Å²) in [6.45, 7) is 2.94. The Morgan fingerprint density at radius 1 is 1.50 bits per heavy atom. The van der Waals surface area contributed by atoms with Crippen molar-refractivity contribution in [2.45, 2.75) is 39.2 Å². The molecule has 3 nitrogen and oxygen atoms in total. The lowest BCUT2D eigenvalue weighted by Crippen LogP contribution is -2.08. The molecule has 0 amide bonds. The fourth-order valence-corrected chi connectivity index (χ4v) is 2.30. The van der Waals surface area contributed by atoms with Crippen LogP contribution in [-0.2, 0) is 11.3 Å². The van der Waals surface area contributed by atoms with Gasteiger partial charge in [0.05, 0.1) is 16.9 Å². The van der Waals surface area contributed by atoms with E-state index in [4.69, 9.17) is 11.6 Å². The van der Waals surface area contributed by atoms with Crippen LogP contribution in [0.5, 0.6) is 0 Å². The van der Waals surface area contributed by atoms with E-state index in [1.165, 1.54) is 0 Å². The highest BCUT2D eigenvalue weighted by atomic mass is 35.5. The lowest BCUT2D eigenvalue weighted by Gasteiger charge is -2.14. The van der Waals surface area contributed by atoms with Gasteiger partial charge in [-0.3, -0.25) is 9.48 Å². The summed E-state index contributed by atoms with van der Waals surface area (Å²) >= 11 is 6.13.